The van der Waals surface area contributed by atoms with Crippen LogP contribution in [0.2, 0.25) is 10.0 Å². The van der Waals surface area contributed by atoms with Crippen LogP contribution < -0.4 is 15.8 Å². The number of amides is 2. The fourth-order valence-electron chi connectivity index (χ4n) is 3.74. The van der Waals surface area contributed by atoms with Gasteiger partial charge in [0.2, 0.25) is 0 Å². The quantitative estimate of drug-likeness (QED) is 0.633. The van der Waals surface area contributed by atoms with Gasteiger partial charge in [0.05, 0.1) is 22.7 Å². The summed E-state index contributed by atoms with van der Waals surface area (Å²) in [5, 5.41) is 3.78. The smallest absolute Gasteiger partial charge is 0.256 e. The number of nitrogens with two attached hydrogens (primary N) is 1. The summed E-state index contributed by atoms with van der Waals surface area (Å²) in [5.41, 5.74) is 7.49. The van der Waals surface area contributed by atoms with E-state index in [4.69, 9.17) is 33.7 Å². The van der Waals surface area contributed by atoms with E-state index < -0.39 is 11.8 Å². The first-order valence-corrected chi connectivity index (χ1v) is 10.9. The highest BCUT2D eigenvalue weighted by Crippen LogP contribution is 2.44. The molecule has 1 heterocycles. The van der Waals surface area contributed by atoms with Crippen molar-refractivity contribution >= 4 is 51.4 Å². The largest absolute Gasteiger partial charge is 0.494 e. The fourth-order valence-corrected chi connectivity index (χ4v) is 5.70. The molecule has 5 nitrogen and oxygen atoms in total. The zero-order chi connectivity index (χ0) is 21.5. The lowest BCUT2D eigenvalue weighted by atomic mass is 9.72. The highest BCUT2D eigenvalue weighted by molar-refractivity contribution is 7.17. The Labute approximate surface area is 184 Å². The summed E-state index contributed by atoms with van der Waals surface area (Å²) in [7, 11) is 1.45. The van der Waals surface area contributed by atoms with E-state index in [1.165, 1.54) is 30.6 Å². The SMILES string of the molecule is COc1c(Cl)cc(C(=O)Nc2sc3c(c2C(N)=O)CCC(C(C)(C)C)C3)cc1Cl. The molecule has 29 heavy (non-hydrogen) atoms. The van der Waals surface area contributed by atoms with Crippen molar-refractivity contribution in [1.82, 2.24) is 0 Å². The summed E-state index contributed by atoms with van der Waals surface area (Å²) in [4.78, 5) is 26.1. The van der Waals surface area contributed by atoms with Gasteiger partial charge in [0, 0.05) is 10.4 Å². The molecule has 1 aliphatic rings. The first-order valence-electron chi connectivity index (χ1n) is 9.31. The molecule has 1 aliphatic carbocycles. The summed E-state index contributed by atoms with van der Waals surface area (Å²) in [6.07, 6.45) is 2.65. The van der Waals surface area contributed by atoms with Crippen molar-refractivity contribution in [1.29, 1.82) is 0 Å². The molecule has 0 bridgehead atoms. The van der Waals surface area contributed by atoms with Gasteiger partial charge >= 0.3 is 0 Å². The van der Waals surface area contributed by atoms with Gasteiger partial charge < -0.3 is 15.8 Å². The number of carbonyl (C=O) groups is 2. The van der Waals surface area contributed by atoms with E-state index in [1.54, 1.807) is 0 Å². The zero-order valence-electron chi connectivity index (χ0n) is 16.8. The van der Waals surface area contributed by atoms with Gasteiger partial charge in [0.1, 0.15) is 5.00 Å². The molecule has 0 radical (unpaired) electrons. The molecular formula is C21H24Cl2N2O3S. The Hall–Kier alpha value is -1.76. The van der Waals surface area contributed by atoms with Crippen molar-refractivity contribution in [2.24, 2.45) is 17.1 Å². The van der Waals surface area contributed by atoms with Crippen molar-refractivity contribution in [2.45, 2.75) is 40.0 Å². The highest BCUT2D eigenvalue weighted by Gasteiger charge is 2.33. The van der Waals surface area contributed by atoms with Crippen molar-refractivity contribution in [3.63, 3.8) is 0 Å². The van der Waals surface area contributed by atoms with Crippen LogP contribution in [-0.2, 0) is 12.8 Å². The second-order valence-electron chi connectivity index (χ2n) is 8.31. The van der Waals surface area contributed by atoms with Crippen LogP contribution >= 0.6 is 34.5 Å². The number of primary amides is 1. The van der Waals surface area contributed by atoms with Gasteiger partial charge in [-0.05, 0) is 48.3 Å². The van der Waals surface area contributed by atoms with E-state index >= 15 is 0 Å². The summed E-state index contributed by atoms with van der Waals surface area (Å²) >= 11 is 13.7. The number of hydrogen-bond acceptors (Lipinski definition) is 4. The van der Waals surface area contributed by atoms with Crippen LogP contribution in [0.3, 0.4) is 0 Å². The number of hydrogen-bond donors (Lipinski definition) is 2. The molecule has 3 rings (SSSR count). The number of nitrogens with one attached hydrogen (secondary N) is 1. The maximum Gasteiger partial charge on any atom is 0.256 e. The molecule has 2 aromatic rings. The molecule has 0 spiro atoms. The third-order valence-corrected chi connectivity index (χ3v) is 7.16. The molecule has 0 fully saturated rings. The van der Waals surface area contributed by atoms with Gasteiger partial charge in [-0.25, -0.2) is 0 Å². The minimum absolute atomic E-state index is 0.175. The number of ether oxygens (including phenoxy) is 1. The average molecular weight is 455 g/mol. The third-order valence-electron chi connectivity index (χ3n) is 5.43. The molecular weight excluding hydrogens is 431 g/mol. The molecule has 8 heteroatoms. The van der Waals surface area contributed by atoms with Gasteiger partial charge in [-0.2, -0.15) is 0 Å². The Morgan fingerprint density at radius 3 is 2.38 bits per heavy atom. The predicted molar refractivity (Wildman–Crippen MR) is 119 cm³/mol. The van der Waals surface area contributed by atoms with Crippen LogP contribution in [-0.4, -0.2) is 18.9 Å². The third kappa shape index (κ3) is 4.39. The molecule has 1 atom stereocenters. The summed E-state index contributed by atoms with van der Waals surface area (Å²) in [5.74, 6) is -0.123. The van der Waals surface area contributed by atoms with E-state index in [0.29, 0.717) is 22.2 Å². The van der Waals surface area contributed by atoms with E-state index in [9.17, 15) is 9.59 Å². The normalized spacial score (nSPS) is 16.3. The lowest BCUT2D eigenvalue weighted by Crippen LogP contribution is -2.27. The molecule has 0 aliphatic heterocycles. The fraction of sp³-hybridized carbons (Fsp3) is 0.429. The number of rotatable bonds is 4. The van der Waals surface area contributed by atoms with E-state index in [-0.39, 0.29) is 21.0 Å². The molecule has 156 valence electrons. The zero-order valence-corrected chi connectivity index (χ0v) is 19.1. The molecule has 0 saturated carbocycles. The predicted octanol–water partition coefficient (Wildman–Crippen LogP) is 5.57. The maximum atomic E-state index is 12.8. The highest BCUT2D eigenvalue weighted by atomic mass is 35.5. The van der Waals surface area contributed by atoms with Crippen LogP contribution in [0.15, 0.2) is 12.1 Å². The van der Waals surface area contributed by atoms with Gasteiger partial charge in [-0.1, -0.05) is 44.0 Å². The number of benzene rings is 1. The summed E-state index contributed by atoms with van der Waals surface area (Å²) in [6.45, 7) is 6.68. The molecule has 1 unspecified atom stereocenters. The number of thiophene rings is 1. The Morgan fingerprint density at radius 2 is 1.86 bits per heavy atom. The topological polar surface area (TPSA) is 81.4 Å². The van der Waals surface area contributed by atoms with Gasteiger partial charge in [-0.15, -0.1) is 11.3 Å². The molecule has 2 amide bonds. The number of halogens is 2. The van der Waals surface area contributed by atoms with Gasteiger partial charge in [-0.3, -0.25) is 9.59 Å². The minimum Gasteiger partial charge on any atom is -0.494 e. The van der Waals surface area contributed by atoms with Crippen molar-refractivity contribution < 1.29 is 14.3 Å². The lowest BCUT2D eigenvalue weighted by Gasteiger charge is -2.33. The Morgan fingerprint density at radius 1 is 1.24 bits per heavy atom. The second-order valence-corrected chi connectivity index (χ2v) is 10.2. The standard InChI is InChI=1S/C21H24Cl2N2O3S/c1-21(2,3)11-5-6-12-15(9-11)29-20(16(12)18(24)26)25-19(27)10-7-13(22)17(28-4)14(23)8-10/h7-8,11H,5-6,9H2,1-4H3,(H2,24,26)(H,25,27). The number of methoxy groups -OCH3 is 1. The molecule has 1 aromatic carbocycles. The Kier molecular flexibility index (Phi) is 6.18. The Balaban J connectivity index is 1.93. The van der Waals surface area contributed by atoms with E-state index in [0.717, 1.165) is 29.7 Å². The monoisotopic (exact) mass is 454 g/mol. The maximum absolute atomic E-state index is 12.8. The van der Waals surface area contributed by atoms with Crippen LogP contribution in [0, 0.1) is 11.3 Å². The number of anilines is 1. The molecule has 3 N–H and O–H groups in total. The number of fused-ring (bicyclic) bond motifs is 1. The minimum atomic E-state index is -0.530. The van der Waals surface area contributed by atoms with Crippen LogP contribution in [0.4, 0.5) is 5.00 Å². The summed E-state index contributed by atoms with van der Waals surface area (Å²) in [6, 6.07) is 2.96. The van der Waals surface area contributed by atoms with Crippen LogP contribution in [0.1, 0.15) is 58.3 Å². The average Bonchev–Trinajstić information content (AvgIpc) is 2.97. The van der Waals surface area contributed by atoms with Crippen molar-refractivity contribution in [3.8, 4) is 5.75 Å². The lowest BCUT2D eigenvalue weighted by molar-refractivity contribution is 0.1000. The number of carbonyl (C=O) groups excluding carboxylic acids is 2. The Bertz CT molecular complexity index is 956. The van der Waals surface area contributed by atoms with Gasteiger partial charge in [0.15, 0.2) is 5.75 Å². The first-order chi connectivity index (χ1) is 13.5. The van der Waals surface area contributed by atoms with E-state index in [1.807, 2.05) is 0 Å². The molecule has 1 aromatic heterocycles. The van der Waals surface area contributed by atoms with Crippen molar-refractivity contribution in [2.75, 3.05) is 12.4 Å². The van der Waals surface area contributed by atoms with Crippen LogP contribution in [0.25, 0.3) is 0 Å². The summed E-state index contributed by atoms with van der Waals surface area (Å²) < 4.78 is 5.12. The van der Waals surface area contributed by atoms with Crippen LogP contribution in [0.5, 0.6) is 5.75 Å². The molecule has 0 saturated heterocycles. The first kappa shape index (κ1) is 21.9. The van der Waals surface area contributed by atoms with Crippen molar-refractivity contribution in [3.05, 3.63) is 43.7 Å². The van der Waals surface area contributed by atoms with Gasteiger partial charge in [0.25, 0.3) is 11.8 Å². The second kappa shape index (κ2) is 8.17. The van der Waals surface area contributed by atoms with E-state index in [2.05, 4.69) is 26.1 Å².